The van der Waals surface area contributed by atoms with E-state index in [0.717, 1.165) is 0 Å². The Morgan fingerprint density at radius 2 is 0.944 bits per heavy atom. The van der Waals surface area contributed by atoms with Crippen LogP contribution in [0.5, 0.6) is 0 Å². The first-order valence-electron chi connectivity index (χ1n) is 4.50. The Bertz CT molecular complexity index is 226. The van der Waals surface area contributed by atoms with Crippen LogP contribution in [-0.4, -0.2) is 34.5 Å². The van der Waals surface area contributed by atoms with Crippen LogP contribution in [0.25, 0.3) is 0 Å². The summed E-state index contributed by atoms with van der Waals surface area (Å²) in [6.07, 6.45) is 0. The lowest BCUT2D eigenvalue weighted by Gasteiger charge is -2.14. The van der Waals surface area contributed by atoms with Crippen LogP contribution in [0.4, 0.5) is 0 Å². The van der Waals surface area contributed by atoms with E-state index < -0.39 is 15.6 Å². The van der Waals surface area contributed by atoms with E-state index in [1.807, 2.05) is 0 Å². The number of hydrogen-bond donors (Lipinski definition) is 5. The van der Waals surface area contributed by atoms with E-state index in [9.17, 15) is 4.57 Å². The fourth-order valence-electron chi connectivity index (χ4n) is 0.586. The van der Waals surface area contributed by atoms with Gasteiger partial charge in [0.1, 0.15) is 0 Å². The summed E-state index contributed by atoms with van der Waals surface area (Å²) in [6.45, 7) is 6.21. The number of rotatable bonds is 6. The van der Waals surface area contributed by atoms with Crippen molar-refractivity contribution in [2.24, 2.45) is 0 Å². The van der Waals surface area contributed by atoms with Crippen LogP contribution in [0.15, 0.2) is 0 Å². The van der Waals surface area contributed by atoms with E-state index >= 15 is 0 Å². The van der Waals surface area contributed by atoms with E-state index in [4.69, 9.17) is 32.8 Å². The molecule has 9 N–H and O–H groups in total. The second kappa shape index (κ2) is 13.6. The summed E-state index contributed by atoms with van der Waals surface area (Å²) in [5, 5.41) is 0. The molecular weight excluding hydrogens is 290 g/mol. The molecule has 116 valence electrons. The van der Waals surface area contributed by atoms with Crippen LogP contribution in [0.2, 0.25) is 0 Å². The summed E-state index contributed by atoms with van der Waals surface area (Å²) in [5.74, 6) is 0. The van der Waals surface area contributed by atoms with Gasteiger partial charge in [-0.3, -0.25) is 13.6 Å². The number of hydrogen-bond acceptors (Lipinski definition) is 7. The Labute approximate surface area is 107 Å². The highest BCUT2D eigenvalue weighted by molar-refractivity contribution is 7.48. The monoisotopic (exact) mass is 314 g/mol. The third-order valence-corrected chi connectivity index (χ3v) is 2.58. The summed E-state index contributed by atoms with van der Waals surface area (Å²) in [4.78, 5) is 21.6. The largest absolute Gasteiger partial charge is 0.474 e. The molecule has 12 heteroatoms. The average Bonchev–Trinajstić information content (AvgIpc) is 2.01. The van der Waals surface area contributed by atoms with Crippen molar-refractivity contribution in [1.29, 1.82) is 0 Å². The first kappa shape index (κ1) is 26.7. The van der Waals surface area contributed by atoms with Gasteiger partial charge in [0.2, 0.25) is 0 Å². The Kier molecular flexibility index (Phi) is 20.1. The van der Waals surface area contributed by atoms with Gasteiger partial charge in [-0.2, -0.15) is 0 Å². The minimum Gasteiger partial charge on any atom is -0.344 e. The molecule has 0 aliphatic heterocycles. The van der Waals surface area contributed by atoms with Crippen molar-refractivity contribution < 1.29 is 37.4 Å². The highest BCUT2D eigenvalue weighted by Gasteiger charge is 2.23. The molecule has 10 nitrogen and oxygen atoms in total. The summed E-state index contributed by atoms with van der Waals surface area (Å²) in [7, 11) is -7.86. The topological polar surface area (TPSA) is 193 Å². The SMILES string of the molecule is CCOP(=O)(OCC)OCC.N.N.O=P(O)(O)O. The third-order valence-electron chi connectivity index (χ3n) is 0.862. The van der Waals surface area contributed by atoms with Gasteiger partial charge in [0, 0.05) is 0 Å². The predicted octanol–water partition coefficient (Wildman–Crippen LogP) is 1.60. The van der Waals surface area contributed by atoms with Gasteiger partial charge < -0.3 is 27.0 Å². The molecular formula is C6H24N2O8P2. The second-order valence-corrected chi connectivity index (χ2v) is 4.91. The lowest BCUT2D eigenvalue weighted by atomic mass is 10.9. The van der Waals surface area contributed by atoms with Gasteiger partial charge in [-0.25, -0.2) is 9.13 Å². The van der Waals surface area contributed by atoms with E-state index in [2.05, 4.69) is 0 Å². The van der Waals surface area contributed by atoms with Crippen LogP contribution in [-0.2, 0) is 22.7 Å². The highest BCUT2D eigenvalue weighted by Crippen LogP contribution is 2.48. The van der Waals surface area contributed by atoms with Crippen LogP contribution in [0.1, 0.15) is 20.8 Å². The molecule has 0 aromatic heterocycles. The number of phosphoric acid groups is 2. The molecule has 0 saturated heterocycles. The molecule has 0 radical (unpaired) electrons. The van der Waals surface area contributed by atoms with Crippen LogP contribution < -0.4 is 12.3 Å². The standard InChI is InChI=1S/C6H15O4P.2H3N.H3O4P/c1-4-8-11(7,9-5-2)10-6-3;;;1-5(2,3)4/h4-6H2,1-3H3;2*1H3;(H3,1,2,3,4). The van der Waals surface area contributed by atoms with Gasteiger partial charge >= 0.3 is 15.6 Å². The average molecular weight is 314 g/mol. The fourth-order valence-corrected chi connectivity index (χ4v) is 1.76. The normalized spacial score (nSPS) is 10.6. The Morgan fingerprint density at radius 3 is 1.06 bits per heavy atom. The van der Waals surface area contributed by atoms with Gasteiger partial charge in [-0.05, 0) is 20.8 Å². The molecule has 0 unspecified atom stereocenters. The van der Waals surface area contributed by atoms with Crippen molar-refractivity contribution in [1.82, 2.24) is 12.3 Å². The van der Waals surface area contributed by atoms with Crippen molar-refractivity contribution in [3.63, 3.8) is 0 Å². The highest BCUT2D eigenvalue weighted by atomic mass is 31.2. The number of phosphoric ester groups is 1. The zero-order valence-electron chi connectivity index (χ0n) is 10.8. The van der Waals surface area contributed by atoms with Gasteiger partial charge in [0.05, 0.1) is 19.8 Å². The smallest absolute Gasteiger partial charge is 0.344 e. The van der Waals surface area contributed by atoms with Gasteiger partial charge in [-0.15, -0.1) is 0 Å². The van der Waals surface area contributed by atoms with Gasteiger partial charge in [0.15, 0.2) is 0 Å². The first-order chi connectivity index (χ1) is 7.18. The Morgan fingerprint density at radius 1 is 0.778 bits per heavy atom. The molecule has 0 saturated carbocycles. The maximum atomic E-state index is 11.3. The van der Waals surface area contributed by atoms with E-state index in [1.165, 1.54) is 0 Å². The van der Waals surface area contributed by atoms with Crippen molar-refractivity contribution in [2.75, 3.05) is 19.8 Å². The predicted molar refractivity (Wildman–Crippen MR) is 66.8 cm³/mol. The molecule has 0 heterocycles. The minimum atomic E-state index is -4.64. The zero-order valence-corrected chi connectivity index (χ0v) is 12.6. The Balaban J connectivity index is -0.000000122. The minimum absolute atomic E-state index is 0. The molecule has 0 atom stereocenters. The lowest BCUT2D eigenvalue weighted by molar-refractivity contribution is 0.126. The van der Waals surface area contributed by atoms with Crippen LogP contribution in [0.3, 0.4) is 0 Å². The second-order valence-electron chi connectivity index (χ2n) is 2.21. The molecule has 0 fully saturated rings. The molecule has 18 heavy (non-hydrogen) atoms. The van der Waals surface area contributed by atoms with Crippen molar-refractivity contribution >= 4 is 15.6 Å². The summed E-state index contributed by atoms with van der Waals surface area (Å²) in [5.41, 5.74) is 0. The van der Waals surface area contributed by atoms with Crippen molar-refractivity contribution in [3.8, 4) is 0 Å². The first-order valence-corrected chi connectivity index (χ1v) is 7.53. The maximum Gasteiger partial charge on any atom is 0.474 e. The molecule has 0 amide bonds. The summed E-state index contributed by atoms with van der Waals surface area (Å²) < 4.78 is 34.7. The van der Waals surface area contributed by atoms with Gasteiger partial charge in [0.25, 0.3) is 0 Å². The van der Waals surface area contributed by atoms with E-state index in [-0.39, 0.29) is 12.3 Å². The van der Waals surface area contributed by atoms with Crippen LogP contribution >= 0.6 is 15.6 Å². The molecule has 0 aromatic carbocycles. The lowest BCUT2D eigenvalue weighted by Crippen LogP contribution is -1.99. The Hall–Kier alpha value is 0.140. The fraction of sp³-hybridized carbons (Fsp3) is 1.00. The van der Waals surface area contributed by atoms with Crippen molar-refractivity contribution in [2.45, 2.75) is 20.8 Å². The van der Waals surface area contributed by atoms with Crippen molar-refractivity contribution in [3.05, 3.63) is 0 Å². The maximum absolute atomic E-state index is 11.3. The van der Waals surface area contributed by atoms with E-state index in [0.29, 0.717) is 19.8 Å². The quantitative estimate of drug-likeness (QED) is 0.449. The molecule has 0 aromatic rings. The molecule has 0 rings (SSSR count). The summed E-state index contributed by atoms with van der Waals surface area (Å²) >= 11 is 0. The van der Waals surface area contributed by atoms with Gasteiger partial charge in [-0.1, -0.05) is 0 Å². The van der Waals surface area contributed by atoms with E-state index in [1.54, 1.807) is 20.8 Å². The molecule has 0 aliphatic rings. The molecule has 0 spiro atoms. The molecule has 0 aliphatic carbocycles. The third kappa shape index (κ3) is 25.1. The summed E-state index contributed by atoms with van der Waals surface area (Å²) in [6, 6.07) is 0. The zero-order chi connectivity index (χ0) is 13.2. The van der Waals surface area contributed by atoms with Crippen LogP contribution in [0, 0.1) is 0 Å². The molecule has 0 bridgehead atoms.